The van der Waals surface area contributed by atoms with Crippen LogP contribution in [-0.2, 0) is 14.3 Å². The van der Waals surface area contributed by atoms with Crippen LogP contribution in [0.3, 0.4) is 0 Å². The van der Waals surface area contributed by atoms with Gasteiger partial charge in [0.1, 0.15) is 11.5 Å². The molecule has 0 aromatic heterocycles. The molecule has 1 saturated heterocycles. The number of hydrogen-bond acceptors (Lipinski definition) is 6. The van der Waals surface area contributed by atoms with E-state index in [4.69, 9.17) is 14.2 Å². The Morgan fingerprint density at radius 3 is 2.26 bits per heavy atom. The normalized spacial score (nSPS) is 17.5. The Hall–Kier alpha value is -4.13. The van der Waals surface area contributed by atoms with Gasteiger partial charge in [-0.2, -0.15) is 0 Å². The number of nitrogens with zero attached hydrogens (tertiary/aromatic N) is 1. The first-order valence-electron chi connectivity index (χ1n) is 11.4. The summed E-state index contributed by atoms with van der Waals surface area (Å²) < 4.78 is 16.3. The smallest absolute Gasteiger partial charge is 0.311 e. The number of methoxy groups -OCH3 is 2. The van der Waals surface area contributed by atoms with Crippen molar-refractivity contribution in [3.05, 3.63) is 90.0 Å². The van der Waals surface area contributed by atoms with Gasteiger partial charge >= 0.3 is 5.97 Å². The van der Waals surface area contributed by atoms with Gasteiger partial charge in [-0.15, -0.1) is 0 Å². The van der Waals surface area contributed by atoms with E-state index in [1.54, 1.807) is 73.7 Å². The number of rotatable bonds is 8. The zero-order valence-corrected chi connectivity index (χ0v) is 19.7. The lowest BCUT2D eigenvalue weighted by atomic mass is 9.83. The lowest BCUT2D eigenvalue weighted by Gasteiger charge is -2.40. The van der Waals surface area contributed by atoms with Crippen molar-refractivity contribution in [2.75, 3.05) is 25.7 Å². The minimum atomic E-state index is -0.685. The van der Waals surface area contributed by atoms with Gasteiger partial charge in [0.25, 0.3) is 0 Å². The lowest BCUT2D eigenvalue weighted by Crippen LogP contribution is -2.46. The van der Waals surface area contributed by atoms with Crippen molar-refractivity contribution in [1.82, 2.24) is 0 Å². The maximum atomic E-state index is 13.3. The number of piperidine rings is 1. The number of anilines is 1. The van der Waals surface area contributed by atoms with Gasteiger partial charge in [-0.1, -0.05) is 48.5 Å². The van der Waals surface area contributed by atoms with Gasteiger partial charge in [0.2, 0.25) is 5.91 Å². The number of ether oxygens (including phenoxy) is 3. The fourth-order valence-electron chi connectivity index (χ4n) is 4.40. The lowest BCUT2D eigenvalue weighted by molar-refractivity contribution is -0.149. The molecule has 0 radical (unpaired) electrons. The molecule has 1 aliphatic heterocycles. The van der Waals surface area contributed by atoms with E-state index in [1.807, 2.05) is 24.3 Å². The molecule has 3 aromatic rings. The van der Waals surface area contributed by atoms with E-state index in [9.17, 15) is 14.4 Å². The van der Waals surface area contributed by atoms with Crippen molar-refractivity contribution in [1.29, 1.82) is 0 Å². The molecule has 3 aromatic carbocycles. The molecule has 0 bridgehead atoms. The van der Waals surface area contributed by atoms with E-state index in [-0.39, 0.29) is 24.7 Å². The molecule has 2 atom stereocenters. The Morgan fingerprint density at radius 1 is 0.886 bits per heavy atom. The summed E-state index contributed by atoms with van der Waals surface area (Å²) in [5.74, 6) is -0.403. The number of Topliss-reactive ketones (excluding diaryl/α,β-unsaturated/α-hetero) is 1. The van der Waals surface area contributed by atoms with Crippen LogP contribution in [-0.4, -0.2) is 38.5 Å². The van der Waals surface area contributed by atoms with Crippen LogP contribution < -0.4 is 14.4 Å². The van der Waals surface area contributed by atoms with Crippen molar-refractivity contribution < 1.29 is 28.6 Å². The third-order valence-corrected chi connectivity index (χ3v) is 6.15. The Bertz CT molecular complexity index is 1190. The van der Waals surface area contributed by atoms with Gasteiger partial charge in [-0.3, -0.25) is 14.4 Å². The molecule has 2 unspecified atom stereocenters. The number of carbonyl (C=O) groups is 3. The molecule has 0 N–H and O–H groups in total. The number of ketones is 1. The summed E-state index contributed by atoms with van der Waals surface area (Å²) in [5, 5.41) is 0. The molecule has 1 aliphatic rings. The monoisotopic (exact) mass is 473 g/mol. The summed E-state index contributed by atoms with van der Waals surface area (Å²) in [5.41, 5.74) is 1.79. The van der Waals surface area contributed by atoms with Crippen LogP contribution in [0.5, 0.6) is 11.5 Å². The molecule has 35 heavy (non-hydrogen) atoms. The van der Waals surface area contributed by atoms with Gasteiger partial charge in [0.15, 0.2) is 12.4 Å². The van der Waals surface area contributed by atoms with E-state index in [2.05, 4.69) is 0 Å². The second-order valence-electron chi connectivity index (χ2n) is 8.19. The SMILES string of the molecule is COc1ccc(N2C(=O)CCC(C(=O)OCC(=O)c3ccccc3)C2c2ccccc2OC)cc1. The summed E-state index contributed by atoms with van der Waals surface area (Å²) in [7, 11) is 3.12. The standard InChI is InChI=1S/C28H27NO6/c1-33-21-14-12-20(13-15-21)29-26(31)17-16-23(27(29)22-10-6-7-11-25(22)34-2)28(32)35-18-24(30)19-8-4-3-5-9-19/h3-15,23,27H,16-18H2,1-2H3. The molecule has 180 valence electrons. The van der Waals surface area contributed by atoms with Gasteiger partial charge in [-0.05, 0) is 36.8 Å². The Labute approximate surface area is 204 Å². The number of hydrogen-bond donors (Lipinski definition) is 0. The summed E-state index contributed by atoms with van der Waals surface area (Å²) in [4.78, 5) is 40.7. The van der Waals surface area contributed by atoms with Crippen LogP contribution in [0.2, 0.25) is 0 Å². The molecular weight excluding hydrogens is 446 g/mol. The topological polar surface area (TPSA) is 82.1 Å². The van der Waals surface area contributed by atoms with Crippen LogP contribution in [0.15, 0.2) is 78.9 Å². The second kappa shape index (κ2) is 10.9. The fraction of sp³-hybridized carbons (Fsp3) is 0.250. The third kappa shape index (κ3) is 5.19. The van der Waals surface area contributed by atoms with Gasteiger partial charge in [-0.25, -0.2) is 0 Å². The molecule has 0 aliphatic carbocycles. The molecule has 7 heteroatoms. The average Bonchev–Trinajstić information content (AvgIpc) is 2.91. The van der Waals surface area contributed by atoms with Gasteiger partial charge in [0, 0.05) is 23.2 Å². The van der Waals surface area contributed by atoms with E-state index >= 15 is 0 Å². The van der Waals surface area contributed by atoms with Crippen molar-refractivity contribution in [3.8, 4) is 11.5 Å². The Kier molecular flexibility index (Phi) is 7.45. The van der Waals surface area contributed by atoms with Crippen LogP contribution in [0.25, 0.3) is 0 Å². The first-order valence-corrected chi connectivity index (χ1v) is 11.4. The molecular formula is C28H27NO6. The van der Waals surface area contributed by atoms with Crippen LogP contribution in [0, 0.1) is 5.92 Å². The molecule has 7 nitrogen and oxygen atoms in total. The van der Waals surface area contributed by atoms with E-state index < -0.39 is 17.9 Å². The van der Waals surface area contributed by atoms with Crippen LogP contribution in [0.4, 0.5) is 5.69 Å². The quantitative estimate of drug-likeness (QED) is 0.351. The number of carbonyl (C=O) groups excluding carboxylic acids is 3. The second-order valence-corrected chi connectivity index (χ2v) is 8.19. The number of benzene rings is 3. The summed E-state index contributed by atoms with van der Waals surface area (Å²) in [6.07, 6.45) is 0.469. The van der Waals surface area contributed by atoms with Crippen LogP contribution >= 0.6 is 0 Å². The summed E-state index contributed by atoms with van der Waals surface area (Å²) in [6.45, 7) is -0.367. The highest BCUT2D eigenvalue weighted by Gasteiger charge is 2.43. The zero-order valence-electron chi connectivity index (χ0n) is 19.7. The minimum absolute atomic E-state index is 0.115. The molecule has 0 saturated carbocycles. The third-order valence-electron chi connectivity index (χ3n) is 6.15. The largest absolute Gasteiger partial charge is 0.497 e. The average molecular weight is 474 g/mol. The van der Waals surface area contributed by atoms with E-state index in [0.29, 0.717) is 34.7 Å². The van der Waals surface area contributed by atoms with Crippen molar-refractivity contribution in [2.45, 2.75) is 18.9 Å². The maximum absolute atomic E-state index is 13.3. The maximum Gasteiger partial charge on any atom is 0.311 e. The first-order chi connectivity index (χ1) is 17.0. The molecule has 1 amide bonds. The number of esters is 1. The number of para-hydroxylation sites is 1. The molecule has 1 fully saturated rings. The fourth-order valence-corrected chi connectivity index (χ4v) is 4.40. The van der Waals surface area contributed by atoms with Gasteiger partial charge < -0.3 is 19.1 Å². The highest BCUT2D eigenvalue weighted by molar-refractivity contribution is 5.99. The molecule has 1 heterocycles. The predicted molar refractivity (Wildman–Crippen MR) is 131 cm³/mol. The predicted octanol–water partition coefficient (Wildman–Crippen LogP) is 4.61. The van der Waals surface area contributed by atoms with Crippen molar-refractivity contribution >= 4 is 23.3 Å². The first kappa shape index (κ1) is 24.0. The van der Waals surface area contributed by atoms with E-state index in [1.165, 1.54) is 0 Å². The van der Waals surface area contributed by atoms with Crippen molar-refractivity contribution in [3.63, 3.8) is 0 Å². The molecule has 4 rings (SSSR count). The van der Waals surface area contributed by atoms with Crippen LogP contribution in [0.1, 0.15) is 34.8 Å². The highest BCUT2D eigenvalue weighted by Crippen LogP contribution is 2.43. The van der Waals surface area contributed by atoms with Gasteiger partial charge in [0.05, 0.1) is 26.2 Å². The highest BCUT2D eigenvalue weighted by atomic mass is 16.5. The zero-order chi connectivity index (χ0) is 24.8. The van der Waals surface area contributed by atoms with E-state index in [0.717, 1.165) is 0 Å². The van der Waals surface area contributed by atoms with Crippen molar-refractivity contribution in [2.24, 2.45) is 5.92 Å². The Balaban J connectivity index is 1.67. The summed E-state index contributed by atoms with van der Waals surface area (Å²) in [6, 6.07) is 22.4. The Morgan fingerprint density at radius 2 is 1.57 bits per heavy atom. The summed E-state index contributed by atoms with van der Waals surface area (Å²) >= 11 is 0. The minimum Gasteiger partial charge on any atom is -0.497 e. The number of amides is 1. The molecule has 0 spiro atoms.